The van der Waals surface area contributed by atoms with Gasteiger partial charge in [0, 0.05) is 0 Å². The van der Waals surface area contributed by atoms with E-state index in [0.29, 0.717) is 19.5 Å². The van der Waals surface area contributed by atoms with Gasteiger partial charge in [-0.3, -0.25) is 0 Å². The molecule has 0 aliphatic carbocycles. The predicted octanol–water partition coefficient (Wildman–Crippen LogP) is -2.45. The van der Waals surface area contributed by atoms with Crippen LogP contribution in [0.1, 0.15) is 17.4 Å². The molecule has 0 fully saturated rings. The maximum atomic E-state index is 11.2. The van der Waals surface area contributed by atoms with Gasteiger partial charge < -0.3 is 0 Å². The third kappa shape index (κ3) is 7.27. The third-order valence-corrected chi connectivity index (χ3v) is 11.3. The van der Waals surface area contributed by atoms with Crippen LogP contribution in [0.3, 0.4) is 0 Å². The Hall–Kier alpha value is -0.491. The van der Waals surface area contributed by atoms with Crippen LogP contribution in [0.25, 0.3) is 15.9 Å². The number of nitrogens with zero attached hydrogens (tertiary/aromatic N) is 2. The minimum Gasteiger partial charge on any atom is 1.00 e. The van der Waals surface area contributed by atoms with E-state index in [1.807, 2.05) is 36.4 Å². The molecule has 0 atom stereocenters. The summed E-state index contributed by atoms with van der Waals surface area (Å²) in [6, 6.07) is 16.0. The summed E-state index contributed by atoms with van der Waals surface area (Å²) >= 11 is 0.0431. The van der Waals surface area contributed by atoms with Crippen molar-refractivity contribution in [3.8, 4) is 0 Å². The molecule has 1 aliphatic heterocycles. The summed E-state index contributed by atoms with van der Waals surface area (Å²) in [5, 5.41) is 0. The molecule has 0 bridgehead atoms. The van der Waals surface area contributed by atoms with Crippen molar-refractivity contribution in [1.82, 2.24) is 0 Å². The standard InChI is InChI=1S/C21H22N2O6S2Se2.Na/c24-30(25,26)13-5-11-22-16-7-1-3-9-18(16)32-20(22)15-21-23(12-6-14-31(27,28)29)17-8-2-4-10-19(17)33-21;/h1-4,7-10,15H,5-6,11-14H2,(H-,24,25,26,27,28,29);/q;+1. The van der Waals surface area contributed by atoms with Crippen LogP contribution in [0.2, 0.25) is 0 Å². The van der Waals surface area contributed by atoms with Crippen LogP contribution in [-0.4, -0.2) is 73.5 Å². The van der Waals surface area contributed by atoms with Crippen LogP contribution in [-0.2, 0) is 26.8 Å². The number of hydrogen-bond acceptors (Lipinski definition) is 6. The fraction of sp³-hybridized carbons (Fsp3) is 0.286. The van der Waals surface area contributed by atoms with Crippen molar-refractivity contribution in [2.24, 2.45) is 0 Å². The summed E-state index contributed by atoms with van der Waals surface area (Å²) < 4.78 is 71.5. The molecule has 0 saturated heterocycles. The van der Waals surface area contributed by atoms with Crippen molar-refractivity contribution < 1.29 is 60.1 Å². The van der Waals surface area contributed by atoms with Gasteiger partial charge in [-0.05, 0) is 0 Å². The molecule has 0 radical (unpaired) electrons. The van der Waals surface area contributed by atoms with Gasteiger partial charge in [-0.25, -0.2) is 0 Å². The first-order chi connectivity index (χ1) is 15.6. The zero-order valence-electron chi connectivity index (χ0n) is 18.5. The zero-order chi connectivity index (χ0) is 23.6. The summed E-state index contributed by atoms with van der Waals surface area (Å²) in [6.45, 7) is 0.897. The van der Waals surface area contributed by atoms with Gasteiger partial charge in [0.05, 0.1) is 0 Å². The molecule has 2 aromatic carbocycles. The second-order valence-corrected chi connectivity index (χ2v) is 15.1. The van der Waals surface area contributed by atoms with E-state index in [1.165, 1.54) is 8.72 Å². The Morgan fingerprint density at radius 2 is 1.71 bits per heavy atom. The molecule has 2 heterocycles. The Morgan fingerprint density at radius 1 is 1.00 bits per heavy atom. The topological polar surface area (TPSA) is 119 Å². The van der Waals surface area contributed by atoms with Crippen molar-refractivity contribution in [1.29, 1.82) is 0 Å². The largest absolute Gasteiger partial charge is 1.00 e. The first kappa shape index (κ1) is 28.1. The van der Waals surface area contributed by atoms with E-state index >= 15 is 0 Å². The molecule has 0 amide bonds. The van der Waals surface area contributed by atoms with Crippen LogP contribution >= 0.6 is 0 Å². The molecule has 176 valence electrons. The molecule has 0 unspecified atom stereocenters. The van der Waals surface area contributed by atoms with Gasteiger partial charge in [-0.15, -0.1) is 0 Å². The van der Waals surface area contributed by atoms with Crippen LogP contribution < -0.4 is 43.5 Å². The van der Waals surface area contributed by atoms with E-state index in [0.717, 1.165) is 20.4 Å². The fourth-order valence-electron chi connectivity index (χ4n) is 3.69. The molecule has 1 aliphatic rings. The van der Waals surface area contributed by atoms with Crippen LogP contribution in [0, 0.1) is 0 Å². The molecular formula is C21H22N2NaO6S2Se2+. The first-order valence-electron chi connectivity index (χ1n) is 10.2. The van der Waals surface area contributed by atoms with Crippen molar-refractivity contribution >= 4 is 75.7 Å². The van der Waals surface area contributed by atoms with Gasteiger partial charge in [0.15, 0.2) is 0 Å². The molecule has 0 spiro atoms. The number of anilines is 1. The summed E-state index contributed by atoms with van der Waals surface area (Å²) in [5.41, 5.74) is 2.08. The maximum Gasteiger partial charge on any atom is 1.00 e. The minimum absolute atomic E-state index is 0. The van der Waals surface area contributed by atoms with E-state index in [9.17, 15) is 21.4 Å². The maximum absolute atomic E-state index is 11.2. The minimum atomic E-state index is -4.27. The van der Waals surface area contributed by atoms with E-state index in [2.05, 4.69) is 27.7 Å². The number of rotatable bonds is 9. The third-order valence-electron chi connectivity index (χ3n) is 5.08. The van der Waals surface area contributed by atoms with Gasteiger partial charge >= 0.3 is 236 Å². The van der Waals surface area contributed by atoms with Crippen LogP contribution in [0.15, 0.2) is 53.1 Å². The molecule has 3 aromatic rings. The number of aromatic nitrogens is 1. The summed E-state index contributed by atoms with van der Waals surface area (Å²) in [5.74, 6) is -0.701. The first-order valence-corrected chi connectivity index (χ1v) is 16.8. The molecule has 13 heteroatoms. The Balaban J connectivity index is 0.00000324. The Morgan fingerprint density at radius 3 is 2.44 bits per heavy atom. The number of para-hydroxylation sites is 2. The molecule has 1 aromatic heterocycles. The van der Waals surface area contributed by atoms with Gasteiger partial charge in [-0.1, -0.05) is 0 Å². The monoisotopic (exact) mass is 645 g/mol. The summed E-state index contributed by atoms with van der Waals surface area (Å²) in [7, 11) is -8.30. The molecule has 4 rings (SSSR count). The normalized spacial score (nSPS) is 15.0. The van der Waals surface area contributed by atoms with E-state index < -0.39 is 26.0 Å². The number of hydrogen-bond donors (Lipinski definition) is 1. The van der Waals surface area contributed by atoms with Crippen molar-refractivity contribution in [2.75, 3.05) is 23.0 Å². The number of benzene rings is 2. The average molecular weight is 643 g/mol. The quantitative estimate of drug-likeness (QED) is 0.156. The zero-order valence-corrected chi connectivity index (χ0v) is 25.5. The summed E-state index contributed by atoms with van der Waals surface area (Å²) in [6.07, 6.45) is 2.68. The summed E-state index contributed by atoms with van der Waals surface area (Å²) in [4.78, 5) is 2.12. The van der Waals surface area contributed by atoms with Crippen molar-refractivity contribution in [3.05, 3.63) is 57.7 Å². The van der Waals surface area contributed by atoms with Crippen LogP contribution in [0.5, 0.6) is 0 Å². The van der Waals surface area contributed by atoms with E-state index in [4.69, 9.17) is 4.55 Å². The van der Waals surface area contributed by atoms with Gasteiger partial charge in [0.25, 0.3) is 0 Å². The number of aryl methyl sites for hydroxylation is 1. The molecule has 8 nitrogen and oxygen atoms in total. The molecule has 0 saturated carbocycles. The average Bonchev–Trinajstić information content (AvgIpc) is 3.25. The second-order valence-electron chi connectivity index (χ2n) is 7.52. The molecule has 1 N–H and O–H groups in total. The smallest absolute Gasteiger partial charge is 1.00 e. The van der Waals surface area contributed by atoms with E-state index in [1.54, 1.807) is 0 Å². The van der Waals surface area contributed by atoms with Gasteiger partial charge in [0.1, 0.15) is 0 Å². The Labute approximate surface area is 233 Å². The SMILES string of the molecule is O=S(=O)([O-])CCC[n+]1c(/C=C2\[Se]c3ccccc3N2CCCS(=O)(=O)O)[se]c2ccccc21.[Na+]. The van der Waals surface area contributed by atoms with Gasteiger partial charge in [0.2, 0.25) is 0 Å². The van der Waals surface area contributed by atoms with Gasteiger partial charge in [-0.2, -0.15) is 0 Å². The fourth-order valence-corrected chi connectivity index (χ4v) is 9.77. The molecule has 34 heavy (non-hydrogen) atoms. The Kier molecular flexibility index (Phi) is 9.67. The van der Waals surface area contributed by atoms with Crippen molar-refractivity contribution in [3.63, 3.8) is 0 Å². The molecular weight excluding hydrogens is 621 g/mol. The second kappa shape index (κ2) is 11.7. The van der Waals surface area contributed by atoms with Crippen molar-refractivity contribution in [2.45, 2.75) is 19.4 Å². The predicted molar refractivity (Wildman–Crippen MR) is 128 cm³/mol. The Bertz CT molecular complexity index is 1420. The van der Waals surface area contributed by atoms with Crippen LogP contribution in [0.4, 0.5) is 5.69 Å². The number of fused-ring (bicyclic) bond motifs is 2. The van der Waals surface area contributed by atoms with E-state index in [-0.39, 0.29) is 71.2 Å².